The first kappa shape index (κ1) is 17.2. The third kappa shape index (κ3) is 3.42. The van der Waals surface area contributed by atoms with Gasteiger partial charge in [-0.1, -0.05) is 6.92 Å². The molecule has 1 unspecified atom stereocenters. The van der Waals surface area contributed by atoms with E-state index in [1.165, 1.54) is 4.68 Å². The monoisotopic (exact) mass is 346 g/mol. The summed E-state index contributed by atoms with van der Waals surface area (Å²) in [4.78, 5) is 25.0. The number of hydrogen-bond acceptors (Lipinski definition) is 5. The van der Waals surface area contributed by atoms with Crippen molar-refractivity contribution in [3.8, 4) is 0 Å². The SMILES string of the molecule is Cc1nn(Cc2ccc(C(=O)N3CCCC(C)C3)o2)c(C)c1[N+](=O)[O-]. The Bertz CT molecular complexity index is 808. The van der Waals surface area contributed by atoms with Crippen LogP contribution in [0.15, 0.2) is 16.5 Å². The van der Waals surface area contributed by atoms with E-state index in [1.807, 2.05) is 4.90 Å². The zero-order valence-corrected chi connectivity index (χ0v) is 14.7. The van der Waals surface area contributed by atoms with Gasteiger partial charge in [0.25, 0.3) is 5.91 Å². The lowest BCUT2D eigenvalue weighted by Gasteiger charge is -2.30. The number of aromatic nitrogens is 2. The zero-order valence-electron chi connectivity index (χ0n) is 14.7. The number of furan rings is 1. The Hall–Kier alpha value is -2.64. The highest BCUT2D eigenvalue weighted by molar-refractivity contribution is 5.91. The van der Waals surface area contributed by atoms with Gasteiger partial charge in [0.05, 0.1) is 11.5 Å². The molecule has 0 aromatic carbocycles. The van der Waals surface area contributed by atoms with E-state index in [4.69, 9.17) is 4.42 Å². The van der Waals surface area contributed by atoms with Crippen molar-refractivity contribution >= 4 is 11.6 Å². The molecular weight excluding hydrogens is 324 g/mol. The second-order valence-corrected chi connectivity index (χ2v) is 6.70. The van der Waals surface area contributed by atoms with Gasteiger partial charge in [0.1, 0.15) is 17.1 Å². The Morgan fingerprint density at radius 3 is 2.84 bits per heavy atom. The average Bonchev–Trinajstić information content (AvgIpc) is 3.12. The summed E-state index contributed by atoms with van der Waals surface area (Å²) in [5.41, 5.74) is 0.856. The van der Waals surface area contributed by atoms with Gasteiger partial charge < -0.3 is 9.32 Å². The predicted molar refractivity (Wildman–Crippen MR) is 90.5 cm³/mol. The maximum absolute atomic E-state index is 12.5. The molecule has 2 aromatic heterocycles. The largest absolute Gasteiger partial charge is 0.454 e. The molecule has 0 bridgehead atoms. The molecule has 0 N–H and O–H groups in total. The molecule has 8 nitrogen and oxygen atoms in total. The van der Waals surface area contributed by atoms with E-state index in [0.29, 0.717) is 28.8 Å². The molecule has 1 aliphatic rings. The molecule has 1 fully saturated rings. The molecule has 25 heavy (non-hydrogen) atoms. The fourth-order valence-electron chi connectivity index (χ4n) is 3.36. The van der Waals surface area contributed by atoms with E-state index < -0.39 is 4.92 Å². The van der Waals surface area contributed by atoms with E-state index in [9.17, 15) is 14.9 Å². The molecule has 1 saturated heterocycles. The van der Waals surface area contributed by atoms with Crippen LogP contribution < -0.4 is 0 Å². The fraction of sp³-hybridized carbons (Fsp3) is 0.529. The molecule has 2 aromatic rings. The summed E-state index contributed by atoms with van der Waals surface area (Å²) in [6, 6.07) is 3.39. The van der Waals surface area contributed by atoms with Crippen LogP contribution in [0.4, 0.5) is 5.69 Å². The van der Waals surface area contributed by atoms with Crippen LogP contribution in [0.3, 0.4) is 0 Å². The summed E-state index contributed by atoms with van der Waals surface area (Å²) in [5.74, 6) is 1.26. The van der Waals surface area contributed by atoms with Gasteiger partial charge in [-0.25, -0.2) is 0 Å². The van der Waals surface area contributed by atoms with Crippen LogP contribution in [0.5, 0.6) is 0 Å². The Balaban J connectivity index is 1.75. The Labute approximate surface area is 145 Å². The molecule has 1 atom stereocenters. The van der Waals surface area contributed by atoms with Crippen molar-refractivity contribution in [1.29, 1.82) is 0 Å². The molecular formula is C17H22N4O4. The number of carbonyl (C=O) groups excluding carboxylic acids is 1. The molecule has 0 saturated carbocycles. The molecule has 0 radical (unpaired) electrons. The standard InChI is InChI=1S/C17H22N4O4/c1-11-5-4-8-19(9-11)17(22)15-7-6-14(25-15)10-20-13(3)16(21(23)24)12(2)18-20/h6-7,11H,4-5,8-10H2,1-3H3. The Morgan fingerprint density at radius 2 is 2.20 bits per heavy atom. The highest BCUT2D eigenvalue weighted by Gasteiger charge is 2.25. The van der Waals surface area contributed by atoms with E-state index in [2.05, 4.69) is 12.0 Å². The number of aryl methyl sites for hydroxylation is 1. The number of piperidine rings is 1. The van der Waals surface area contributed by atoms with Gasteiger partial charge in [-0.2, -0.15) is 5.10 Å². The van der Waals surface area contributed by atoms with Crippen LogP contribution >= 0.6 is 0 Å². The van der Waals surface area contributed by atoms with Crippen LogP contribution in [0.1, 0.15) is 47.5 Å². The lowest BCUT2D eigenvalue weighted by atomic mass is 10.0. The first-order valence-corrected chi connectivity index (χ1v) is 8.43. The minimum absolute atomic E-state index is 0.0187. The second-order valence-electron chi connectivity index (χ2n) is 6.70. The van der Waals surface area contributed by atoms with Crippen molar-refractivity contribution in [3.05, 3.63) is 45.2 Å². The van der Waals surface area contributed by atoms with Crippen molar-refractivity contribution < 1.29 is 14.1 Å². The van der Waals surface area contributed by atoms with Crippen molar-refractivity contribution in [2.24, 2.45) is 5.92 Å². The topological polar surface area (TPSA) is 94.4 Å². The van der Waals surface area contributed by atoms with Crippen LogP contribution in [-0.4, -0.2) is 38.6 Å². The molecule has 3 heterocycles. The summed E-state index contributed by atoms with van der Waals surface area (Å²) in [5, 5.41) is 15.3. The smallest absolute Gasteiger partial charge is 0.312 e. The third-order valence-electron chi connectivity index (χ3n) is 4.65. The van der Waals surface area contributed by atoms with Gasteiger partial charge in [-0.3, -0.25) is 19.6 Å². The number of hydrogen-bond donors (Lipinski definition) is 0. The number of rotatable bonds is 4. The van der Waals surface area contributed by atoms with Crippen LogP contribution in [0.2, 0.25) is 0 Å². The van der Waals surface area contributed by atoms with Gasteiger partial charge in [0.15, 0.2) is 5.76 Å². The lowest BCUT2D eigenvalue weighted by molar-refractivity contribution is -0.386. The summed E-state index contributed by atoms with van der Waals surface area (Å²) in [6.07, 6.45) is 2.15. The second kappa shape index (κ2) is 6.70. The summed E-state index contributed by atoms with van der Waals surface area (Å²) in [6.45, 7) is 7.16. The minimum Gasteiger partial charge on any atom is -0.454 e. The predicted octanol–water partition coefficient (Wildman–Crippen LogP) is 2.92. The summed E-state index contributed by atoms with van der Waals surface area (Å²) in [7, 11) is 0. The number of nitrogens with zero attached hydrogens (tertiary/aromatic N) is 4. The zero-order chi connectivity index (χ0) is 18.1. The van der Waals surface area contributed by atoms with Crippen LogP contribution in [-0.2, 0) is 6.54 Å². The summed E-state index contributed by atoms with van der Waals surface area (Å²) < 4.78 is 7.21. The summed E-state index contributed by atoms with van der Waals surface area (Å²) >= 11 is 0. The van der Waals surface area contributed by atoms with E-state index in [0.717, 1.165) is 25.9 Å². The third-order valence-corrected chi connectivity index (χ3v) is 4.65. The highest BCUT2D eigenvalue weighted by atomic mass is 16.6. The molecule has 0 spiro atoms. The molecule has 1 aliphatic heterocycles. The molecule has 0 aliphatic carbocycles. The van der Waals surface area contributed by atoms with E-state index >= 15 is 0 Å². The van der Waals surface area contributed by atoms with Crippen LogP contribution in [0, 0.1) is 29.9 Å². The average molecular weight is 346 g/mol. The fourth-order valence-corrected chi connectivity index (χ4v) is 3.36. The maximum Gasteiger partial charge on any atom is 0.312 e. The Kier molecular flexibility index (Phi) is 4.61. The molecule has 3 rings (SSSR count). The Morgan fingerprint density at radius 1 is 1.44 bits per heavy atom. The van der Waals surface area contributed by atoms with Crippen molar-refractivity contribution in [3.63, 3.8) is 0 Å². The van der Waals surface area contributed by atoms with Gasteiger partial charge in [-0.05, 0) is 44.7 Å². The minimum atomic E-state index is -0.428. The first-order chi connectivity index (χ1) is 11.9. The van der Waals surface area contributed by atoms with Gasteiger partial charge in [0.2, 0.25) is 0 Å². The van der Waals surface area contributed by atoms with Gasteiger partial charge >= 0.3 is 5.69 Å². The van der Waals surface area contributed by atoms with Gasteiger partial charge in [-0.15, -0.1) is 0 Å². The van der Waals surface area contributed by atoms with Crippen molar-refractivity contribution in [2.75, 3.05) is 13.1 Å². The molecule has 1 amide bonds. The first-order valence-electron chi connectivity index (χ1n) is 8.43. The highest BCUT2D eigenvalue weighted by Crippen LogP contribution is 2.23. The van der Waals surface area contributed by atoms with Crippen molar-refractivity contribution in [1.82, 2.24) is 14.7 Å². The number of carbonyl (C=O) groups is 1. The normalized spacial score (nSPS) is 17.7. The van der Waals surface area contributed by atoms with Crippen molar-refractivity contribution in [2.45, 2.75) is 40.2 Å². The molecule has 134 valence electrons. The number of nitro groups is 1. The quantitative estimate of drug-likeness (QED) is 0.626. The lowest BCUT2D eigenvalue weighted by Crippen LogP contribution is -2.38. The van der Waals surface area contributed by atoms with E-state index in [1.54, 1.807) is 26.0 Å². The van der Waals surface area contributed by atoms with E-state index in [-0.39, 0.29) is 18.1 Å². The van der Waals surface area contributed by atoms with Gasteiger partial charge in [0, 0.05) is 13.1 Å². The number of amides is 1. The van der Waals surface area contributed by atoms with Crippen LogP contribution in [0.25, 0.3) is 0 Å². The molecule has 8 heteroatoms. The maximum atomic E-state index is 12.5. The number of likely N-dealkylation sites (tertiary alicyclic amines) is 1.